The van der Waals surface area contributed by atoms with Crippen molar-refractivity contribution < 1.29 is 9.59 Å². The van der Waals surface area contributed by atoms with Gasteiger partial charge in [-0.3, -0.25) is 0 Å². The molecule has 0 aromatic heterocycles. The Hall–Kier alpha value is -1.24. The van der Waals surface area contributed by atoms with E-state index in [0.29, 0.717) is 6.54 Å². The monoisotopic (exact) mass is 350 g/mol. The Morgan fingerprint density at radius 1 is 0.760 bits per heavy atom. The summed E-state index contributed by atoms with van der Waals surface area (Å²) >= 11 is 0. The first-order chi connectivity index (χ1) is 12.0. The Bertz CT molecular complexity index is 408. The largest absolute Gasteiger partial charge is 0.235 e. The summed E-state index contributed by atoms with van der Waals surface area (Å²) in [6.07, 6.45) is 19.3. The molecule has 1 unspecified atom stereocenters. The number of hydrogen-bond donors (Lipinski definition) is 0. The highest BCUT2D eigenvalue weighted by Crippen LogP contribution is 2.20. The van der Waals surface area contributed by atoms with Crippen molar-refractivity contribution >= 4 is 12.2 Å². The fraction of sp³-hybridized carbons (Fsp3) is 0.905. The zero-order valence-electron chi connectivity index (χ0n) is 16.7. The maximum atomic E-state index is 10.3. The third kappa shape index (κ3) is 17.4. The van der Waals surface area contributed by atoms with Gasteiger partial charge in [0.15, 0.2) is 0 Å². The van der Waals surface area contributed by atoms with Gasteiger partial charge in [0.2, 0.25) is 12.2 Å². The van der Waals surface area contributed by atoms with Crippen molar-refractivity contribution in [2.75, 3.05) is 6.54 Å². The zero-order chi connectivity index (χ0) is 18.8. The van der Waals surface area contributed by atoms with E-state index in [1.54, 1.807) is 12.2 Å². The molecule has 0 aliphatic heterocycles. The van der Waals surface area contributed by atoms with E-state index in [1.165, 1.54) is 64.2 Å². The molecule has 25 heavy (non-hydrogen) atoms. The molecule has 0 heterocycles. The van der Waals surface area contributed by atoms with Gasteiger partial charge in [0.25, 0.3) is 0 Å². The summed E-state index contributed by atoms with van der Waals surface area (Å²) in [5.74, 6) is 0.829. The van der Waals surface area contributed by atoms with E-state index in [4.69, 9.17) is 0 Å². The molecular formula is C21H38N2O2. The first-order valence-electron chi connectivity index (χ1n) is 10.1. The number of carbonyl (C=O) groups excluding carboxylic acids is 2. The molecule has 0 amide bonds. The van der Waals surface area contributed by atoms with Crippen LogP contribution in [0.1, 0.15) is 104 Å². The summed E-state index contributed by atoms with van der Waals surface area (Å²) < 4.78 is 0. The Labute approximate surface area is 154 Å². The molecule has 0 fully saturated rings. The Morgan fingerprint density at radius 2 is 1.28 bits per heavy atom. The fourth-order valence-electron chi connectivity index (χ4n) is 3.16. The molecule has 0 spiro atoms. The molecule has 0 aliphatic carbocycles. The Kier molecular flexibility index (Phi) is 15.4. The number of nitrogens with zero attached hydrogens (tertiary/aromatic N) is 2. The van der Waals surface area contributed by atoms with Crippen LogP contribution < -0.4 is 0 Å². The van der Waals surface area contributed by atoms with Crippen molar-refractivity contribution in [3.8, 4) is 0 Å². The zero-order valence-corrected chi connectivity index (χ0v) is 16.7. The first kappa shape index (κ1) is 23.8. The van der Waals surface area contributed by atoms with Crippen molar-refractivity contribution in [3.05, 3.63) is 0 Å². The molecule has 0 N–H and O–H groups in total. The number of hydrogen-bond acceptors (Lipinski definition) is 4. The molecule has 0 rings (SSSR count). The molecular weight excluding hydrogens is 312 g/mol. The lowest BCUT2D eigenvalue weighted by atomic mass is 9.95. The number of rotatable bonds is 17. The smallest absolute Gasteiger partial charge is 0.211 e. The summed E-state index contributed by atoms with van der Waals surface area (Å²) in [5, 5.41) is 0. The van der Waals surface area contributed by atoms with Crippen molar-refractivity contribution in [1.82, 2.24) is 0 Å². The van der Waals surface area contributed by atoms with E-state index >= 15 is 0 Å². The summed E-state index contributed by atoms with van der Waals surface area (Å²) in [4.78, 5) is 27.7. The van der Waals surface area contributed by atoms with Gasteiger partial charge in [-0.2, -0.15) is 4.99 Å². The summed E-state index contributed by atoms with van der Waals surface area (Å²) in [7, 11) is 0. The van der Waals surface area contributed by atoms with Gasteiger partial charge in [-0.05, 0) is 32.6 Å². The minimum atomic E-state index is -0.237. The SMILES string of the molecule is CC(CCCCCCCCC(C)(C)N=C=O)CCCCCCN=C=O. The van der Waals surface area contributed by atoms with Crippen LogP contribution in [-0.4, -0.2) is 24.2 Å². The Balaban J connectivity index is 3.36. The molecule has 4 heteroatoms. The first-order valence-corrected chi connectivity index (χ1v) is 10.1. The number of isocyanates is 2. The second kappa shape index (κ2) is 16.2. The van der Waals surface area contributed by atoms with Crippen LogP contribution >= 0.6 is 0 Å². The third-order valence-corrected chi connectivity index (χ3v) is 4.87. The minimum Gasteiger partial charge on any atom is -0.211 e. The molecule has 144 valence electrons. The summed E-state index contributed by atoms with van der Waals surface area (Å²) in [6.45, 7) is 7.00. The van der Waals surface area contributed by atoms with E-state index in [2.05, 4.69) is 16.9 Å². The fourth-order valence-corrected chi connectivity index (χ4v) is 3.16. The van der Waals surface area contributed by atoms with Crippen molar-refractivity contribution in [2.24, 2.45) is 15.9 Å². The van der Waals surface area contributed by atoms with Crippen molar-refractivity contribution in [3.63, 3.8) is 0 Å². The molecule has 0 saturated carbocycles. The maximum absolute atomic E-state index is 10.3. The van der Waals surface area contributed by atoms with Gasteiger partial charge in [0, 0.05) is 0 Å². The normalized spacial score (nSPS) is 12.3. The molecule has 0 aromatic carbocycles. The van der Waals surface area contributed by atoms with E-state index in [-0.39, 0.29) is 5.54 Å². The highest BCUT2D eigenvalue weighted by Gasteiger charge is 2.14. The van der Waals surface area contributed by atoms with E-state index in [9.17, 15) is 9.59 Å². The second-order valence-corrected chi connectivity index (χ2v) is 7.96. The van der Waals surface area contributed by atoms with E-state index in [1.807, 2.05) is 13.8 Å². The van der Waals surface area contributed by atoms with Gasteiger partial charge in [-0.25, -0.2) is 14.6 Å². The third-order valence-electron chi connectivity index (χ3n) is 4.87. The average molecular weight is 351 g/mol. The van der Waals surface area contributed by atoms with Crippen LogP contribution in [0.4, 0.5) is 0 Å². The van der Waals surface area contributed by atoms with Crippen LogP contribution in [0.5, 0.6) is 0 Å². The molecule has 1 atom stereocenters. The van der Waals surface area contributed by atoms with Crippen LogP contribution in [-0.2, 0) is 9.59 Å². The van der Waals surface area contributed by atoms with Gasteiger partial charge < -0.3 is 0 Å². The lowest BCUT2D eigenvalue weighted by molar-refractivity contribution is 0.422. The van der Waals surface area contributed by atoms with E-state index in [0.717, 1.165) is 25.2 Å². The average Bonchev–Trinajstić information content (AvgIpc) is 2.56. The minimum absolute atomic E-state index is 0.237. The van der Waals surface area contributed by atoms with Crippen LogP contribution in [0, 0.1) is 5.92 Å². The Morgan fingerprint density at radius 3 is 1.84 bits per heavy atom. The lowest BCUT2D eigenvalue weighted by Crippen LogP contribution is -2.15. The van der Waals surface area contributed by atoms with E-state index < -0.39 is 0 Å². The molecule has 4 nitrogen and oxygen atoms in total. The summed E-state index contributed by atoms with van der Waals surface area (Å²) in [5.41, 5.74) is -0.237. The molecule has 0 aromatic rings. The van der Waals surface area contributed by atoms with Gasteiger partial charge in [0.1, 0.15) is 0 Å². The van der Waals surface area contributed by atoms with Gasteiger partial charge in [0.05, 0.1) is 12.1 Å². The molecule has 0 radical (unpaired) electrons. The standard InChI is InChI=1S/C21H38N2O2/c1-20(15-11-7-9-13-17-22-18-24)14-10-6-4-5-8-12-16-21(2,3)23-19-25/h20H,4-17H2,1-3H3. The second-order valence-electron chi connectivity index (χ2n) is 7.96. The van der Waals surface area contributed by atoms with Crippen LogP contribution in [0.15, 0.2) is 9.98 Å². The number of unbranched alkanes of at least 4 members (excludes halogenated alkanes) is 8. The van der Waals surface area contributed by atoms with Crippen LogP contribution in [0.3, 0.4) is 0 Å². The molecule has 0 bridgehead atoms. The predicted octanol–water partition coefficient (Wildman–Crippen LogP) is 6.14. The van der Waals surface area contributed by atoms with Crippen LogP contribution in [0.25, 0.3) is 0 Å². The van der Waals surface area contributed by atoms with Crippen molar-refractivity contribution in [2.45, 2.75) is 110 Å². The highest BCUT2D eigenvalue weighted by atomic mass is 16.1. The summed E-state index contributed by atoms with van der Waals surface area (Å²) in [6, 6.07) is 0. The van der Waals surface area contributed by atoms with Crippen molar-refractivity contribution in [1.29, 1.82) is 0 Å². The topological polar surface area (TPSA) is 58.9 Å². The maximum Gasteiger partial charge on any atom is 0.235 e. The molecule has 0 aliphatic rings. The van der Waals surface area contributed by atoms with Gasteiger partial charge >= 0.3 is 0 Å². The highest BCUT2D eigenvalue weighted by molar-refractivity contribution is 5.34. The van der Waals surface area contributed by atoms with Gasteiger partial charge in [-0.15, -0.1) is 0 Å². The quantitative estimate of drug-likeness (QED) is 0.180. The van der Waals surface area contributed by atoms with Gasteiger partial charge in [-0.1, -0.05) is 77.6 Å². The predicted molar refractivity (Wildman–Crippen MR) is 104 cm³/mol. The molecule has 0 saturated heterocycles. The lowest BCUT2D eigenvalue weighted by Gasteiger charge is -2.16. The number of aliphatic imine (C=N–C) groups is 2. The van der Waals surface area contributed by atoms with Crippen LogP contribution in [0.2, 0.25) is 0 Å².